The van der Waals surface area contributed by atoms with Gasteiger partial charge in [0.25, 0.3) is 0 Å². The van der Waals surface area contributed by atoms with Gasteiger partial charge in [-0.1, -0.05) is 20.8 Å². The van der Waals surface area contributed by atoms with Gasteiger partial charge in [-0.3, -0.25) is 4.79 Å². The molecule has 0 fully saturated rings. The first-order valence-electron chi connectivity index (χ1n) is 6.50. The normalized spacial score (nSPS) is 11.8. The molecule has 1 aromatic heterocycles. The Morgan fingerprint density at radius 3 is 2.35 bits per heavy atom. The molecule has 0 aliphatic carbocycles. The number of rotatable bonds is 2. The van der Waals surface area contributed by atoms with Gasteiger partial charge in [0.05, 0.1) is 11.1 Å². The number of hydrogen-bond acceptors (Lipinski definition) is 2. The zero-order valence-electron chi connectivity index (χ0n) is 12.4. The van der Waals surface area contributed by atoms with Gasteiger partial charge in [0.15, 0.2) is 6.29 Å². The van der Waals surface area contributed by atoms with Crippen LogP contribution in [0.1, 0.15) is 52.7 Å². The number of carbonyl (C=O) groups excluding carboxylic acids is 1. The average molecular weight is 273 g/mol. The second-order valence-corrected chi connectivity index (χ2v) is 6.15. The standard InChI is InChI=1S/C16H19NO3/c1-9-13(8-18)11-6-10(16(2,3)4)7-12(15(19)20)14(11)17(9)5/h6-8H,1-5H3,(H,19,20). The summed E-state index contributed by atoms with van der Waals surface area (Å²) in [5.74, 6) is -0.973. The van der Waals surface area contributed by atoms with E-state index in [-0.39, 0.29) is 11.0 Å². The maximum Gasteiger partial charge on any atom is 0.337 e. The van der Waals surface area contributed by atoms with Crippen molar-refractivity contribution in [3.8, 4) is 0 Å². The molecule has 2 aromatic rings. The highest BCUT2D eigenvalue weighted by Gasteiger charge is 2.23. The second kappa shape index (κ2) is 4.47. The fourth-order valence-corrected chi connectivity index (χ4v) is 2.49. The third-order valence-electron chi connectivity index (χ3n) is 3.84. The molecule has 1 heterocycles. The second-order valence-electron chi connectivity index (χ2n) is 6.15. The molecule has 106 valence electrons. The Hall–Kier alpha value is -2.10. The molecule has 0 aliphatic heterocycles. The number of benzene rings is 1. The number of carboxylic acid groups (broad SMARTS) is 1. The molecule has 0 amide bonds. The number of nitrogens with zero attached hydrogens (tertiary/aromatic N) is 1. The molecule has 4 heteroatoms. The monoisotopic (exact) mass is 273 g/mol. The summed E-state index contributed by atoms with van der Waals surface area (Å²) in [7, 11) is 1.79. The number of aromatic nitrogens is 1. The van der Waals surface area contributed by atoms with E-state index in [9.17, 15) is 14.7 Å². The molecule has 1 aromatic carbocycles. The molecule has 0 bridgehead atoms. The van der Waals surface area contributed by atoms with Gasteiger partial charge in [-0.05, 0) is 30.0 Å². The summed E-state index contributed by atoms with van der Waals surface area (Å²) >= 11 is 0. The summed E-state index contributed by atoms with van der Waals surface area (Å²) in [6.07, 6.45) is 0.801. The maximum atomic E-state index is 11.6. The van der Waals surface area contributed by atoms with Crippen molar-refractivity contribution >= 4 is 23.2 Å². The summed E-state index contributed by atoms with van der Waals surface area (Å²) < 4.78 is 1.77. The summed E-state index contributed by atoms with van der Waals surface area (Å²) in [6.45, 7) is 7.90. The van der Waals surface area contributed by atoms with Gasteiger partial charge in [0.2, 0.25) is 0 Å². The van der Waals surface area contributed by atoms with Crippen LogP contribution < -0.4 is 0 Å². The van der Waals surface area contributed by atoms with Crippen LogP contribution in [0.4, 0.5) is 0 Å². The van der Waals surface area contributed by atoms with Crippen LogP contribution in [0.3, 0.4) is 0 Å². The topological polar surface area (TPSA) is 59.3 Å². The quantitative estimate of drug-likeness (QED) is 0.854. The first-order chi connectivity index (χ1) is 9.18. The van der Waals surface area contributed by atoms with Crippen molar-refractivity contribution in [2.75, 3.05) is 0 Å². The van der Waals surface area contributed by atoms with Gasteiger partial charge in [0, 0.05) is 23.7 Å². The molecule has 0 radical (unpaired) electrons. The molecule has 1 N–H and O–H groups in total. The molecular formula is C16H19NO3. The van der Waals surface area contributed by atoms with Crippen molar-refractivity contribution in [2.45, 2.75) is 33.1 Å². The van der Waals surface area contributed by atoms with E-state index in [4.69, 9.17) is 0 Å². The van der Waals surface area contributed by atoms with Crippen LogP contribution in [0.15, 0.2) is 12.1 Å². The highest BCUT2D eigenvalue weighted by Crippen LogP contribution is 2.32. The predicted molar refractivity (Wildman–Crippen MR) is 78.7 cm³/mol. The Morgan fingerprint density at radius 2 is 1.90 bits per heavy atom. The lowest BCUT2D eigenvalue weighted by Gasteiger charge is -2.20. The smallest absolute Gasteiger partial charge is 0.337 e. The van der Waals surface area contributed by atoms with Crippen LogP contribution in [0.2, 0.25) is 0 Å². The molecule has 0 saturated heterocycles. The Morgan fingerprint density at radius 1 is 1.30 bits per heavy atom. The minimum atomic E-state index is -0.973. The highest BCUT2D eigenvalue weighted by atomic mass is 16.4. The Kier molecular flexibility index (Phi) is 3.20. The zero-order chi connectivity index (χ0) is 15.2. The molecular weight excluding hydrogens is 254 g/mol. The van der Waals surface area contributed by atoms with E-state index in [1.165, 1.54) is 0 Å². The summed E-state index contributed by atoms with van der Waals surface area (Å²) in [4.78, 5) is 22.9. The van der Waals surface area contributed by atoms with E-state index in [1.54, 1.807) is 17.7 Å². The molecule has 0 aliphatic rings. The number of carboxylic acids is 1. The lowest BCUT2D eigenvalue weighted by Crippen LogP contribution is -2.13. The van der Waals surface area contributed by atoms with E-state index < -0.39 is 5.97 Å². The predicted octanol–water partition coefficient (Wildman–Crippen LogP) is 3.29. The summed E-state index contributed by atoms with van der Waals surface area (Å²) in [5, 5.41) is 10.2. The molecule has 0 saturated carbocycles. The lowest BCUT2D eigenvalue weighted by molar-refractivity contribution is 0.0698. The maximum absolute atomic E-state index is 11.6. The van der Waals surface area contributed by atoms with Crippen molar-refractivity contribution in [1.82, 2.24) is 4.57 Å². The SMILES string of the molecule is Cc1c(C=O)c2cc(C(C)(C)C)cc(C(=O)O)c2n1C. The number of fused-ring (bicyclic) bond motifs is 1. The van der Waals surface area contributed by atoms with Crippen molar-refractivity contribution < 1.29 is 14.7 Å². The first-order valence-corrected chi connectivity index (χ1v) is 6.50. The van der Waals surface area contributed by atoms with Crippen molar-refractivity contribution in [1.29, 1.82) is 0 Å². The van der Waals surface area contributed by atoms with E-state index in [2.05, 4.69) is 0 Å². The van der Waals surface area contributed by atoms with Crippen LogP contribution >= 0.6 is 0 Å². The third-order valence-corrected chi connectivity index (χ3v) is 3.84. The summed E-state index contributed by atoms with van der Waals surface area (Å²) in [6, 6.07) is 3.64. The fraction of sp³-hybridized carbons (Fsp3) is 0.375. The fourth-order valence-electron chi connectivity index (χ4n) is 2.49. The van der Waals surface area contributed by atoms with Gasteiger partial charge in [-0.15, -0.1) is 0 Å². The number of carbonyl (C=O) groups is 2. The summed E-state index contributed by atoms with van der Waals surface area (Å²) in [5.41, 5.74) is 2.93. The molecule has 0 unspecified atom stereocenters. The van der Waals surface area contributed by atoms with Crippen molar-refractivity contribution in [3.05, 3.63) is 34.5 Å². The van der Waals surface area contributed by atoms with Crippen LogP contribution in [0, 0.1) is 6.92 Å². The number of hydrogen-bond donors (Lipinski definition) is 1. The Balaban J connectivity index is 3.01. The van der Waals surface area contributed by atoms with Crippen LogP contribution in [0.5, 0.6) is 0 Å². The molecule has 4 nitrogen and oxygen atoms in total. The Labute approximate surface area is 118 Å². The van der Waals surface area contributed by atoms with E-state index >= 15 is 0 Å². The first kappa shape index (κ1) is 14.3. The van der Waals surface area contributed by atoms with Gasteiger partial charge < -0.3 is 9.67 Å². The highest BCUT2D eigenvalue weighted by molar-refractivity contribution is 6.08. The molecule has 20 heavy (non-hydrogen) atoms. The minimum absolute atomic E-state index is 0.178. The number of aryl methyl sites for hydroxylation is 1. The van der Waals surface area contributed by atoms with E-state index in [0.717, 1.165) is 17.5 Å². The lowest BCUT2D eigenvalue weighted by atomic mass is 9.85. The van der Waals surface area contributed by atoms with Gasteiger partial charge in [-0.2, -0.15) is 0 Å². The minimum Gasteiger partial charge on any atom is -0.478 e. The van der Waals surface area contributed by atoms with Gasteiger partial charge in [-0.25, -0.2) is 4.79 Å². The molecule has 0 spiro atoms. The van der Waals surface area contributed by atoms with E-state index in [1.807, 2.05) is 33.8 Å². The van der Waals surface area contributed by atoms with Crippen molar-refractivity contribution in [3.63, 3.8) is 0 Å². The largest absolute Gasteiger partial charge is 0.478 e. The molecule has 2 rings (SSSR count). The Bertz CT molecular complexity index is 718. The van der Waals surface area contributed by atoms with Crippen LogP contribution in [-0.4, -0.2) is 21.9 Å². The number of aromatic carboxylic acids is 1. The van der Waals surface area contributed by atoms with Gasteiger partial charge >= 0.3 is 5.97 Å². The number of aldehydes is 1. The van der Waals surface area contributed by atoms with Crippen LogP contribution in [-0.2, 0) is 12.5 Å². The van der Waals surface area contributed by atoms with Crippen molar-refractivity contribution in [2.24, 2.45) is 7.05 Å². The average Bonchev–Trinajstić information content (AvgIpc) is 2.59. The third kappa shape index (κ3) is 2.01. The zero-order valence-corrected chi connectivity index (χ0v) is 12.4. The van der Waals surface area contributed by atoms with Gasteiger partial charge in [0.1, 0.15) is 0 Å². The van der Waals surface area contributed by atoms with E-state index in [0.29, 0.717) is 16.5 Å². The molecule has 0 atom stereocenters. The van der Waals surface area contributed by atoms with Crippen LogP contribution in [0.25, 0.3) is 10.9 Å².